The number of fused-ring (bicyclic) bond motifs is 3. The molecule has 2 aromatic rings. The van der Waals surface area contributed by atoms with Crippen molar-refractivity contribution in [2.45, 2.75) is 39.0 Å². The number of hydrogen-bond donors (Lipinski definition) is 3. The molecular formula is C25H30N2O6. The molecule has 3 N–H and O–H groups in total. The van der Waals surface area contributed by atoms with Crippen molar-refractivity contribution in [2.24, 2.45) is 5.41 Å². The smallest absolute Gasteiger partial charge is 0.407 e. The Morgan fingerprint density at radius 1 is 0.970 bits per heavy atom. The quantitative estimate of drug-likeness (QED) is 0.445. The first-order chi connectivity index (χ1) is 15.8. The molecule has 0 aromatic heterocycles. The highest BCUT2D eigenvalue weighted by atomic mass is 16.7. The van der Waals surface area contributed by atoms with Crippen LogP contribution in [0.3, 0.4) is 0 Å². The predicted molar refractivity (Wildman–Crippen MR) is 122 cm³/mol. The van der Waals surface area contributed by atoms with Crippen LogP contribution in [0.1, 0.15) is 50.2 Å². The Hall–Kier alpha value is -3.39. The molecule has 2 aromatic carbocycles. The van der Waals surface area contributed by atoms with Crippen LogP contribution in [0.2, 0.25) is 0 Å². The van der Waals surface area contributed by atoms with Crippen LogP contribution in [0.5, 0.6) is 0 Å². The van der Waals surface area contributed by atoms with Gasteiger partial charge < -0.3 is 15.2 Å². The van der Waals surface area contributed by atoms with Crippen molar-refractivity contribution < 1.29 is 29.1 Å². The molecule has 0 fully saturated rings. The molecule has 0 unspecified atom stereocenters. The lowest BCUT2D eigenvalue weighted by atomic mass is 9.84. The van der Waals surface area contributed by atoms with Gasteiger partial charge in [0, 0.05) is 18.9 Å². The zero-order valence-corrected chi connectivity index (χ0v) is 18.9. The van der Waals surface area contributed by atoms with Crippen LogP contribution in [0.4, 0.5) is 4.79 Å². The third-order valence-corrected chi connectivity index (χ3v) is 5.83. The summed E-state index contributed by atoms with van der Waals surface area (Å²) in [6.45, 7) is 4.09. The maximum Gasteiger partial charge on any atom is 0.407 e. The second kappa shape index (κ2) is 11.0. The van der Waals surface area contributed by atoms with Gasteiger partial charge in [-0.25, -0.2) is 15.1 Å². The Kier molecular flexibility index (Phi) is 8.06. The van der Waals surface area contributed by atoms with Crippen LogP contribution < -0.4 is 10.8 Å². The molecule has 1 aliphatic carbocycles. The zero-order chi connectivity index (χ0) is 23.8. The predicted octanol–water partition coefficient (Wildman–Crippen LogP) is 3.85. The number of hydroxylamine groups is 1. The summed E-state index contributed by atoms with van der Waals surface area (Å²) in [7, 11) is 0. The van der Waals surface area contributed by atoms with Gasteiger partial charge in [-0.15, -0.1) is 0 Å². The van der Waals surface area contributed by atoms with E-state index in [0.29, 0.717) is 19.4 Å². The van der Waals surface area contributed by atoms with E-state index in [1.165, 1.54) is 22.3 Å². The highest BCUT2D eigenvalue weighted by molar-refractivity contribution is 5.79. The van der Waals surface area contributed by atoms with Crippen LogP contribution in [0.25, 0.3) is 11.1 Å². The van der Waals surface area contributed by atoms with Gasteiger partial charge in [-0.2, -0.15) is 0 Å². The van der Waals surface area contributed by atoms with Gasteiger partial charge in [0.05, 0.1) is 0 Å². The number of hydrogen-bond acceptors (Lipinski definition) is 5. The van der Waals surface area contributed by atoms with E-state index in [2.05, 4.69) is 39.9 Å². The topological polar surface area (TPSA) is 114 Å². The highest BCUT2D eigenvalue weighted by Gasteiger charge is 2.29. The molecule has 0 bridgehead atoms. The largest absolute Gasteiger partial charge is 0.479 e. The summed E-state index contributed by atoms with van der Waals surface area (Å²) in [6, 6.07) is 16.4. The summed E-state index contributed by atoms with van der Waals surface area (Å²) in [4.78, 5) is 39.0. The number of carboxylic acids is 1. The van der Waals surface area contributed by atoms with Crippen LogP contribution in [-0.2, 0) is 19.2 Å². The van der Waals surface area contributed by atoms with E-state index in [1.54, 1.807) is 0 Å². The minimum Gasteiger partial charge on any atom is -0.479 e. The average molecular weight is 455 g/mol. The molecule has 2 amide bonds. The van der Waals surface area contributed by atoms with Crippen molar-refractivity contribution >= 4 is 18.0 Å². The van der Waals surface area contributed by atoms with Gasteiger partial charge in [0.1, 0.15) is 6.61 Å². The van der Waals surface area contributed by atoms with Crippen LogP contribution in [0, 0.1) is 5.41 Å². The molecular weight excluding hydrogens is 424 g/mol. The van der Waals surface area contributed by atoms with Gasteiger partial charge in [0.25, 0.3) is 0 Å². The minimum atomic E-state index is -1.16. The summed E-state index contributed by atoms with van der Waals surface area (Å²) < 4.78 is 5.54. The normalized spacial score (nSPS) is 12.5. The van der Waals surface area contributed by atoms with E-state index in [9.17, 15) is 14.4 Å². The molecule has 33 heavy (non-hydrogen) atoms. The number of aliphatic carboxylic acids is 1. The minimum absolute atomic E-state index is 0.0152. The summed E-state index contributed by atoms with van der Waals surface area (Å²) in [5, 5.41) is 11.3. The molecule has 3 rings (SSSR count). The number of benzene rings is 2. The van der Waals surface area contributed by atoms with Gasteiger partial charge in [0.15, 0.2) is 6.61 Å². The van der Waals surface area contributed by atoms with E-state index < -0.39 is 18.7 Å². The molecule has 8 heteroatoms. The number of rotatable bonds is 11. The average Bonchev–Trinajstić information content (AvgIpc) is 3.10. The molecule has 0 atom stereocenters. The van der Waals surface area contributed by atoms with Gasteiger partial charge in [0.2, 0.25) is 5.91 Å². The van der Waals surface area contributed by atoms with Crippen molar-refractivity contribution in [1.82, 2.24) is 10.8 Å². The number of carbonyl (C=O) groups is 3. The Labute approximate surface area is 193 Å². The number of ether oxygens (including phenoxy) is 1. The van der Waals surface area contributed by atoms with E-state index in [-0.39, 0.29) is 30.3 Å². The maximum absolute atomic E-state index is 12.3. The molecule has 8 nitrogen and oxygen atoms in total. The van der Waals surface area contributed by atoms with Crippen LogP contribution in [0.15, 0.2) is 48.5 Å². The second-order valence-corrected chi connectivity index (χ2v) is 8.87. The lowest BCUT2D eigenvalue weighted by Gasteiger charge is -2.24. The van der Waals surface area contributed by atoms with Crippen molar-refractivity contribution in [3.8, 4) is 11.1 Å². The zero-order valence-electron chi connectivity index (χ0n) is 18.9. The summed E-state index contributed by atoms with van der Waals surface area (Å²) in [6.07, 6.45) is 0.937. The number of amides is 2. The Balaban J connectivity index is 1.40. The number of carboxylic acid groups (broad SMARTS) is 1. The third kappa shape index (κ3) is 6.79. The third-order valence-electron chi connectivity index (χ3n) is 5.83. The fraction of sp³-hybridized carbons (Fsp3) is 0.400. The molecule has 1 aliphatic rings. The maximum atomic E-state index is 12.3. The molecule has 176 valence electrons. The Morgan fingerprint density at radius 2 is 1.58 bits per heavy atom. The molecule has 0 saturated heterocycles. The Bertz CT molecular complexity index is 958. The first-order valence-electron chi connectivity index (χ1n) is 11.0. The first kappa shape index (κ1) is 24.3. The fourth-order valence-electron chi connectivity index (χ4n) is 3.96. The summed E-state index contributed by atoms with van der Waals surface area (Å²) in [5.74, 6) is -1.52. The van der Waals surface area contributed by atoms with E-state index in [1.807, 2.05) is 38.1 Å². The van der Waals surface area contributed by atoms with Crippen molar-refractivity contribution in [2.75, 3.05) is 19.8 Å². The monoisotopic (exact) mass is 454 g/mol. The van der Waals surface area contributed by atoms with Crippen LogP contribution in [-0.4, -0.2) is 42.8 Å². The van der Waals surface area contributed by atoms with Crippen molar-refractivity contribution in [3.63, 3.8) is 0 Å². The van der Waals surface area contributed by atoms with Gasteiger partial charge in [-0.1, -0.05) is 62.4 Å². The van der Waals surface area contributed by atoms with Gasteiger partial charge >= 0.3 is 12.1 Å². The standard InChI is InChI=1S/C25H30N2O6/c1-25(2,12-11-22(28)27-33-16-23(29)30)13-14-26-24(31)32-15-21-19-9-5-3-7-17(19)18-8-4-6-10-20(18)21/h3-10,21H,11-16H2,1-2H3,(H,26,31)(H,27,28)(H,29,30). The fourth-order valence-corrected chi connectivity index (χ4v) is 3.96. The molecule has 0 saturated carbocycles. The number of nitrogens with one attached hydrogen (secondary N) is 2. The summed E-state index contributed by atoms with van der Waals surface area (Å²) in [5.41, 5.74) is 6.59. The summed E-state index contributed by atoms with van der Waals surface area (Å²) >= 11 is 0. The Morgan fingerprint density at radius 3 is 2.18 bits per heavy atom. The van der Waals surface area contributed by atoms with Crippen LogP contribution >= 0.6 is 0 Å². The van der Waals surface area contributed by atoms with Gasteiger partial charge in [-0.05, 0) is 40.5 Å². The molecule has 0 radical (unpaired) electrons. The van der Waals surface area contributed by atoms with Gasteiger partial charge in [-0.3, -0.25) is 9.63 Å². The molecule has 0 heterocycles. The second-order valence-electron chi connectivity index (χ2n) is 8.87. The SMILES string of the molecule is CC(C)(CCNC(=O)OCC1c2ccccc2-c2ccccc21)CCC(=O)NOCC(=O)O. The van der Waals surface area contributed by atoms with E-state index in [0.717, 1.165) is 0 Å². The van der Waals surface area contributed by atoms with Crippen molar-refractivity contribution in [3.05, 3.63) is 59.7 Å². The number of alkyl carbamates (subject to hydrolysis) is 1. The lowest BCUT2D eigenvalue weighted by molar-refractivity contribution is -0.149. The first-order valence-corrected chi connectivity index (χ1v) is 11.0. The van der Waals surface area contributed by atoms with E-state index >= 15 is 0 Å². The van der Waals surface area contributed by atoms with Crippen molar-refractivity contribution in [1.29, 1.82) is 0 Å². The lowest BCUT2D eigenvalue weighted by Crippen LogP contribution is -2.31. The van der Waals surface area contributed by atoms with E-state index in [4.69, 9.17) is 9.84 Å². The molecule has 0 aliphatic heterocycles. The molecule has 0 spiro atoms. The number of carbonyl (C=O) groups excluding carboxylic acids is 2. The highest BCUT2D eigenvalue weighted by Crippen LogP contribution is 2.44.